The van der Waals surface area contributed by atoms with E-state index in [1.54, 1.807) is 18.2 Å². The molecule has 0 radical (unpaired) electrons. The van der Waals surface area contributed by atoms with E-state index < -0.39 is 23.7 Å². The molecule has 3 rings (SSSR count). The van der Waals surface area contributed by atoms with Gasteiger partial charge in [-0.05, 0) is 69.3 Å². The number of rotatable bonds is 5. The van der Waals surface area contributed by atoms with E-state index in [-0.39, 0.29) is 5.75 Å². The van der Waals surface area contributed by atoms with E-state index >= 15 is 0 Å². The Morgan fingerprint density at radius 3 is 2.17 bits per heavy atom. The van der Waals surface area contributed by atoms with Crippen molar-refractivity contribution in [3.05, 3.63) is 83.4 Å². The molecule has 6 nitrogen and oxygen atoms in total. The predicted molar refractivity (Wildman–Crippen MR) is 107 cm³/mol. The highest BCUT2D eigenvalue weighted by Crippen LogP contribution is 2.18. The van der Waals surface area contributed by atoms with Crippen LogP contribution in [0.1, 0.15) is 28.7 Å². The Bertz CT molecular complexity index is 1010. The molecule has 1 heterocycles. The predicted octanol–water partition coefficient (Wildman–Crippen LogP) is 3.46. The SMILES string of the molecule is Cc1ccc(C)n1-c1ccc(C(=O)NNC(=O)C(C)Oc2ccccc2F)cc1. The molecule has 29 heavy (non-hydrogen) atoms. The summed E-state index contributed by atoms with van der Waals surface area (Å²) in [6, 6.07) is 16.9. The van der Waals surface area contributed by atoms with Crippen LogP contribution in [0.4, 0.5) is 4.39 Å². The molecular formula is C22H22FN3O3. The number of hydrazine groups is 1. The van der Waals surface area contributed by atoms with Crippen molar-refractivity contribution in [2.45, 2.75) is 26.9 Å². The highest BCUT2D eigenvalue weighted by Gasteiger charge is 2.17. The number of aryl methyl sites for hydroxylation is 2. The van der Waals surface area contributed by atoms with E-state index in [1.165, 1.54) is 25.1 Å². The standard InChI is InChI=1S/C22H22FN3O3/c1-14-8-9-15(2)26(14)18-12-10-17(11-13-18)22(28)25-24-21(27)16(3)29-20-7-5-4-6-19(20)23/h4-13,16H,1-3H3,(H,24,27)(H,25,28). The zero-order chi connectivity index (χ0) is 21.0. The number of nitrogens with zero attached hydrogens (tertiary/aromatic N) is 1. The van der Waals surface area contributed by atoms with Gasteiger partial charge in [-0.3, -0.25) is 20.4 Å². The Morgan fingerprint density at radius 1 is 0.931 bits per heavy atom. The maximum atomic E-state index is 13.6. The number of hydrogen-bond acceptors (Lipinski definition) is 3. The van der Waals surface area contributed by atoms with E-state index in [0.717, 1.165) is 17.1 Å². The largest absolute Gasteiger partial charge is 0.478 e. The molecule has 2 amide bonds. The van der Waals surface area contributed by atoms with Crippen molar-refractivity contribution in [1.82, 2.24) is 15.4 Å². The summed E-state index contributed by atoms with van der Waals surface area (Å²) in [6.45, 7) is 5.48. The van der Waals surface area contributed by atoms with Gasteiger partial charge in [0, 0.05) is 22.6 Å². The maximum absolute atomic E-state index is 13.6. The second kappa shape index (κ2) is 8.60. The van der Waals surface area contributed by atoms with Gasteiger partial charge in [-0.25, -0.2) is 4.39 Å². The molecular weight excluding hydrogens is 373 g/mol. The summed E-state index contributed by atoms with van der Waals surface area (Å²) in [7, 11) is 0. The molecule has 0 saturated heterocycles. The zero-order valence-corrected chi connectivity index (χ0v) is 16.4. The highest BCUT2D eigenvalue weighted by molar-refractivity contribution is 5.95. The molecule has 2 N–H and O–H groups in total. The number of carbonyl (C=O) groups excluding carboxylic acids is 2. The average molecular weight is 395 g/mol. The number of aromatic nitrogens is 1. The first-order valence-electron chi connectivity index (χ1n) is 9.13. The Kier molecular flexibility index (Phi) is 5.97. The van der Waals surface area contributed by atoms with Gasteiger partial charge in [0.05, 0.1) is 0 Å². The van der Waals surface area contributed by atoms with Gasteiger partial charge in [-0.1, -0.05) is 12.1 Å². The number of benzene rings is 2. The van der Waals surface area contributed by atoms with Gasteiger partial charge in [-0.2, -0.15) is 0 Å². The van der Waals surface area contributed by atoms with E-state index in [9.17, 15) is 14.0 Å². The third-order valence-electron chi connectivity index (χ3n) is 4.47. The van der Waals surface area contributed by atoms with Crippen LogP contribution < -0.4 is 15.6 Å². The molecule has 0 bridgehead atoms. The van der Waals surface area contributed by atoms with Crippen molar-refractivity contribution < 1.29 is 18.7 Å². The third kappa shape index (κ3) is 4.63. The van der Waals surface area contributed by atoms with Gasteiger partial charge in [-0.15, -0.1) is 0 Å². The van der Waals surface area contributed by atoms with E-state index in [4.69, 9.17) is 4.74 Å². The van der Waals surface area contributed by atoms with Crippen LogP contribution in [0.3, 0.4) is 0 Å². The molecule has 3 aromatic rings. The first-order chi connectivity index (χ1) is 13.9. The molecule has 0 aliphatic rings. The minimum absolute atomic E-state index is 0.0346. The number of halogens is 1. The van der Waals surface area contributed by atoms with Crippen molar-refractivity contribution in [2.75, 3.05) is 0 Å². The summed E-state index contributed by atoms with van der Waals surface area (Å²) in [6.07, 6.45) is -0.991. The first-order valence-corrected chi connectivity index (χ1v) is 9.13. The Morgan fingerprint density at radius 2 is 1.55 bits per heavy atom. The fraction of sp³-hybridized carbons (Fsp3) is 0.182. The lowest BCUT2D eigenvalue weighted by atomic mass is 10.2. The van der Waals surface area contributed by atoms with E-state index in [1.807, 2.05) is 38.1 Å². The molecule has 1 unspecified atom stereocenters. The van der Waals surface area contributed by atoms with Gasteiger partial charge in [0.25, 0.3) is 11.8 Å². The van der Waals surface area contributed by atoms with Crippen LogP contribution in [-0.4, -0.2) is 22.5 Å². The van der Waals surface area contributed by atoms with Gasteiger partial charge < -0.3 is 9.30 Å². The number of amides is 2. The monoisotopic (exact) mass is 395 g/mol. The van der Waals surface area contributed by atoms with Crippen molar-refractivity contribution in [2.24, 2.45) is 0 Å². The lowest BCUT2D eigenvalue weighted by Crippen LogP contribution is -2.47. The van der Waals surface area contributed by atoms with Crippen LogP contribution >= 0.6 is 0 Å². The van der Waals surface area contributed by atoms with Crippen LogP contribution in [0.2, 0.25) is 0 Å². The van der Waals surface area contributed by atoms with Crippen LogP contribution in [-0.2, 0) is 4.79 Å². The van der Waals surface area contributed by atoms with Crippen molar-refractivity contribution >= 4 is 11.8 Å². The maximum Gasteiger partial charge on any atom is 0.279 e. The van der Waals surface area contributed by atoms with Crippen LogP contribution in [0, 0.1) is 19.7 Å². The topological polar surface area (TPSA) is 72.4 Å². The van der Waals surface area contributed by atoms with E-state index in [2.05, 4.69) is 15.4 Å². The number of hydrogen-bond donors (Lipinski definition) is 2. The summed E-state index contributed by atoms with van der Waals surface area (Å²) >= 11 is 0. The second-order valence-corrected chi connectivity index (χ2v) is 6.63. The summed E-state index contributed by atoms with van der Waals surface area (Å²) in [5.41, 5.74) is 8.14. The number of carbonyl (C=O) groups is 2. The molecule has 0 aliphatic heterocycles. The van der Waals surface area contributed by atoms with Crippen molar-refractivity contribution in [3.8, 4) is 11.4 Å². The fourth-order valence-corrected chi connectivity index (χ4v) is 2.91. The van der Waals surface area contributed by atoms with Gasteiger partial charge in [0.1, 0.15) is 0 Å². The summed E-state index contributed by atoms with van der Waals surface area (Å²) in [5, 5.41) is 0. The molecule has 0 aliphatic carbocycles. The van der Waals surface area contributed by atoms with Gasteiger partial charge in [0.15, 0.2) is 17.7 Å². The van der Waals surface area contributed by atoms with Crippen LogP contribution in [0.15, 0.2) is 60.7 Å². The summed E-state index contributed by atoms with van der Waals surface area (Å²) in [4.78, 5) is 24.4. The number of nitrogens with one attached hydrogen (secondary N) is 2. The minimum Gasteiger partial charge on any atom is -0.478 e. The molecule has 7 heteroatoms. The van der Waals surface area contributed by atoms with Crippen LogP contribution in [0.5, 0.6) is 5.75 Å². The normalized spacial score (nSPS) is 11.6. The first kappa shape index (κ1) is 20.1. The fourth-order valence-electron chi connectivity index (χ4n) is 2.91. The number of para-hydroxylation sites is 1. The lowest BCUT2D eigenvalue weighted by molar-refractivity contribution is -0.128. The molecule has 0 spiro atoms. The summed E-state index contributed by atoms with van der Waals surface area (Å²) in [5.74, 6) is -1.67. The second-order valence-electron chi connectivity index (χ2n) is 6.63. The Hall–Kier alpha value is -3.61. The van der Waals surface area contributed by atoms with Crippen molar-refractivity contribution in [3.63, 3.8) is 0 Å². The van der Waals surface area contributed by atoms with E-state index in [0.29, 0.717) is 5.56 Å². The quantitative estimate of drug-likeness (QED) is 0.650. The molecule has 150 valence electrons. The minimum atomic E-state index is -0.991. The molecule has 0 fully saturated rings. The molecule has 1 atom stereocenters. The average Bonchev–Trinajstić information content (AvgIpc) is 3.05. The lowest BCUT2D eigenvalue weighted by Gasteiger charge is -2.15. The van der Waals surface area contributed by atoms with Gasteiger partial charge >= 0.3 is 0 Å². The smallest absolute Gasteiger partial charge is 0.279 e. The molecule has 1 aromatic heterocycles. The zero-order valence-electron chi connectivity index (χ0n) is 16.4. The van der Waals surface area contributed by atoms with Crippen molar-refractivity contribution in [1.29, 1.82) is 0 Å². The Balaban J connectivity index is 1.57. The molecule has 2 aromatic carbocycles. The highest BCUT2D eigenvalue weighted by atomic mass is 19.1. The Labute approximate surface area is 168 Å². The number of ether oxygens (including phenoxy) is 1. The molecule has 0 saturated carbocycles. The third-order valence-corrected chi connectivity index (χ3v) is 4.47. The van der Waals surface area contributed by atoms with Gasteiger partial charge in [0.2, 0.25) is 0 Å². The summed E-state index contributed by atoms with van der Waals surface area (Å²) < 4.78 is 21.0. The van der Waals surface area contributed by atoms with Crippen LogP contribution in [0.25, 0.3) is 5.69 Å².